The van der Waals surface area contributed by atoms with Crippen LogP contribution in [0, 0.1) is 0 Å². The Bertz CT molecular complexity index is 455. The number of nitrogens with zero attached hydrogens (tertiary/aromatic N) is 1. The summed E-state index contributed by atoms with van der Waals surface area (Å²) in [6, 6.07) is 7.63. The van der Waals surface area contributed by atoms with E-state index in [0.717, 1.165) is 24.6 Å². The van der Waals surface area contributed by atoms with Crippen molar-refractivity contribution in [3.63, 3.8) is 0 Å². The van der Waals surface area contributed by atoms with E-state index >= 15 is 0 Å². The van der Waals surface area contributed by atoms with Crippen molar-refractivity contribution in [1.29, 1.82) is 0 Å². The van der Waals surface area contributed by atoms with Gasteiger partial charge in [-0.25, -0.2) is 0 Å². The minimum atomic E-state index is 0.637. The zero-order valence-electron chi connectivity index (χ0n) is 10.4. The molecule has 2 bridgehead atoms. The molecule has 1 N–H and O–H groups in total. The molecular weight excluding hydrogens is 228 g/mol. The van der Waals surface area contributed by atoms with Crippen LogP contribution in [0.5, 0.6) is 11.5 Å². The molecule has 5 rings (SSSR count). The lowest BCUT2D eigenvalue weighted by molar-refractivity contribution is 0.171. The molecule has 4 aliphatic heterocycles. The Kier molecular flexibility index (Phi) is 2.36. The Hall–Kier alpha value is -1.42. The average Bonchev–Trinajstić information content (AvgIpc) is 2.48. The number of benzene rings is 1. The largest absolute Gasteiger partial charge is 0.486 e. The minimum Gasteiger partial charge on any atom is -0.486 e. The Morgan fingerprint density at radius 3 is 2.72 bits per heavy atom. The maximum atomic E-state index is 5.67. The highest BCUT2D eigenvalue weighted by Crippen LogP contribution is 2.36. The van der Waals surface area contributed by atoms with E-state index in [1.54, 1.807) is 0 Å². The van der Waals surface area contributed by atoms with Crippen molar-refractivity contribution < 1.29 is 9.47 Å². The number of piperidine rings is 2. The number of anilines is 1. The standard InChI is InChI=1S/C14H18N2O2/c1-2-12-8-15-10(1)9-16(12)11-3-4-13-14(7-11)18-6-5-17-13/h3-4,7,10,12,15H,1-2,5-6,8-9H2. The average molecular weight is 246 g/mol. The van der Waals surface area contributed by atoms with Gasteiger partial charge in [-0.1, -0.05) is 0 Å². The van der Waals surface area contributed by atoms with Crippen LogP contribution in [0.25, 0.3) is 0 Å². The Balaban J connectivity index is 1.64. The van der Waals surface area contributed by atoms with Gasteiger partial charge in [0.1, 0.15) is 13.2 Å². The Morgan fingerprint density at radius 2 is 2.00 bits per heavy atom. The minimum absolute atomic E-state index is 0.637. The molecule has 0 saturated carbocycles. The zero-order chi connectivity index (χ0) is 11.9. The van der Waals surface area contributed by atoms with Gasteiger partial charge in [0.05, 0.1) is 0 Å². The first kappa shape index (κ1) is 10.5. The smallest absolute Gasteiger partial charge is 0.163 e. The highest BCUT2D eigenvalue weighted by atomic mass is 16.6. The number of hydrogen-bond acceptors (Lipinski definition) is 4. The van der Waals surface area contributed by atoms with Crippen LogP contribution in [-0.4, -0.2) is 38.4 Å². The molecule has 0 amide bonds. The third-order valence-electron chi connectivity index (χ3n) is 4.21. The van der Waals surface area contributed by atoms with Crippen LogP contribution in [-0.2, 0) is 0 Å². The summed E-state index contributed by atoms with van der Waals surface area (Å²) in [5, 5.41) is 3.58. The lowest BCUT2D eigenvalue weighted by Gasteiger charge is -2.47. The van der Waals surface area contributed by atoms with E-state index in [-0.39, 0.29) is 0 Å². The zero-order valence-corrected chi connectivity index (χ0v) is 10.4. The molecule has 3 saturated heterocycles. The first-order valence-corrected chi connectivity index (χ1v) is 6.80. The number of piperazine rings is 1. The van der Waals surface area contributed by atoms with Crippen molar-refractivity contribution in [2.45, 2.75) is 24.9 Å². The molecule has 1 aromatic carbocycles. The van der Waals surface area contributed by atoms with Gasteiger partial charge in [-0.15, -0.1) is 0 Å². The van der Waals surface area contributed by atoms with E-state index in [0.29, 0.717) is 25.3 Å². The van der Waals surface area contributed by atoms with Crippen LogP contribution < -0.4 is 19.7 Å². The first-order valence-electron chi connectivity index (χ1n) is 6.80. The van der Waals surface area contributed by atoms with Crippen molar-refractivity contribution in [3.05, 3.63) is 18.2 Å². The topological polar surface area (TPSA) is 33.7 Å². The molecule has 18 heavy (non-hydrogen) atoms. The summed E-state index contributed by atoms with van der Waals surface area (Å²) in [4.78, 5) is 2.52. The molecular formula is C14H18N2O2. The van der Waals surface area contributed by atoms with E-state index in [1.165, 1.54) is 18.5 Å². The fraction of sp³-hybridized carbons (Fsp3) is 0.571. The maximum absolute atomic E-state index is 5.67. The number of rotatable bonds is 1. The number of fused-ring (bicyclic) bond motifs is 4. The first-order chi connectivity index (χ1) is 8.90. The van der Waals surface area contributed by atoms with E-state index in [9.17, 15) is 0 Å². The summed E-state index contributed by atoms with van der Waals surface area (Å²) < 4.78 is 11.2. The predicted octanol–water partition coefficient (Wildman–Crippen LogP) is 1.40. The van der Waals surface area contributed by atoms with Crippen LogP contribution in [0.4, 0.5) is 5.69 Å². The molecule has 4 heterocycles. The highest BCUT2D eigenvalue weighted by molar-refractivity contribution is 5.58. The summed E-state index contributed by atoms with van der Waals surface area (Å²) in [5.74, 6) is 1.78. The van der Waals surface area contributed by atoms with Gasteiger partial charge >= 0.3 is 0 Å². The summed E-state index contributed by atoms with van der Waals surface area (Å²) in [6.45, 7) is 3.54. The quantitative estimate of drug-likeness (QED) is 0.812. The van der Waals surface area contributed by atoms with Crippen LogP contribution >= 0.6 is 0 Å². The van der Waals surface area contributed by atoms with E-state index in [2.05, 4.69) is 22.3 Å². The van der Waals surface area contributed by atoms with Gasteiger partial charge in [0, 0.05) is 36.9 Å². The van der Waals surface area contributed by atoms with Crippen LogP contribution in [0.2, 0.25) is 0 Å². The van der Waals surface area contributed by atoms with Crippen molar-refractivity contribution in [1.82, 2.24) is 5.32 Å². The van der Waals surface area contributed by atoms with Crippen molar-refractivity contribution in [2.24, 2.45) is 0 Å². The van der Waals surface area contributed by atoms with Gasteiger partial charge in [-0.05, 0) is 25.0 Å². The highest BCUT2D eigenvalue weighted by Gasteiger charge is 2.33. The van der Waals surface area contributed by atoms with Crippen LogP contribution in [0.15, 0.2) is 18.2 Å². The summed E-state index contributed by atoms with van der Waals surface area (Å²) >= 11 is 0. The van der Waals surface area contributed by atoms with Gasteiger partial charge in [0.15, 0.2) is 11.5 Å². The molecule has 4 aliphatic rings. The van der Waals surface area contributed by atoms with E-state index < -0.39 is 0 Å². The fourth-order valence-corrected chi connectivity index (χ4v) is 3.24. The Morgan fingerprint density at radius 1 is 1.11 bits per heavy atom. The van der Waals surface area contributed by atoms with Crippen molar-refractivity contribution in [2.75, 3.05) is 31.2 Å². The molecule has 1 aromatic rings. The Labute approximate surface area is 107 Å². The number of ether oxygens (including phenoxy) is 2. The van der Waals surface area contributed by atoms with Gasteiger partial charge in [0.25, 0.3) is 0 Å². The molecule has 96 valence electrons. The lowest BCUT2D eigenvalue weighted by Crippen LogP contribution is -2.61. The third kappa shape index (κ3) is 1.63. The maximum Gasteiger partial charge on any atom is 0.163 e. The SMILES string of the molecule is c1cc2c(cc1N1CC3CCC1CN3)OCCO2. The summed E-state index contributed by atoms with van der Waals surface area (Å²) in [6.07, 6.45) is 2.61. The molecule has 2 unspecified atom stereocenters. The molecule has 0 aromatic heterocycles. The normalized spacial score (nSPS) is 29.4. The van der Waals surface area contributed by atoms with Gasteiger partial charge in [0.2, 0.25) is 0 Å². The van der Waals surface area contributed by atoms with Crippen LogP contribution in [0.3, 0.4) is 0 Å². The monoisotopic (exact) mass is 246 g/mol. The van der Waals surface area contributed by atoms with Crippen molar-refractivity contribution in [3.8, 4) is 11.5 Å². The second kappa shape index (κ2) is 4.05. The number of hydrogen-bond donors (Lipinski definition) is 1. The fourth-order valence-electron chi connectivity index (χ4n) is 3.24. The molecule has 2 atom stereocenters. The lowest BCUT2D eigenvalue weighted by atomic mass is 9.92. The molecule has 0 spiro atoms. The van der Waals surface area contributed by atoms with Gasteiger partial charge < -0.3 is 19.7 Å². The second-order valence-electron chi connectivity index (χ2n) is 5.32. The van der Waals surface area contributed by atoms with Crippen molar-refractivity contribution >= 4 is 5.69 Å². The van der Waals surface area contributed by atoms with Gasteiger partial charge in [-0.2, -0.15) is 0 Å². The number of nitrogens with one attached hydrogen (secondary N) is 1. The molecule has 4 heteroatoms. The van der Waals surface area contributed by atoms with Gasteiger partial charge in [-0.3, -0.25) is 0 Å². The summed E-state index contributed by atoms with van der Waals surface area (Å²) in [7, 11) is 0. The van der Waals surface area contributed by atoms with E-state index in [4.69, 9.17) is 9.47 Å². The predicted molar refractivity (Wildman–Crippen MR) is 69.6 cm³/mol. The van der Waals surface area contributed by atoms with E-state index in [1.807, 2.05) is 6.07 Å². The molecule has 0 radical (unpaired) electrons. The third-order valence-corrected chi connectivity index (χ3v) is 4.21. The second-order valence-corrected chi connectivity index (χ2v) is 5.32. The molecule has 3 fully saturated rings. The molecule has 4 nitrogen and oxygen atoms in total. The summed E-state index contributed by atoms with van der Waals surface area (Å²) in [5.41, 5.74) is 1.27. The van der Waals surface area contributed by atoms with Crippen LogP contribution in [0.1, 0.15) is 12.8 Å². The molecule has 0 aliphatic carbocycles.